The number of carbonyl (C=O) groups is 2. The van der Waals surface area contributed by atoms with Crippen LogP contribution >= 0.6 is 22.9 Å². The van der Waals surface area contributed by atoms with E-state index in [4.69, 9.17) is 21.1 Å². The highest BCUT2D eigenvalue weighted by atomic mass is 35.5. The zero-order valence-electron chi connectivity index (χ0n) is 17.6. The number of aromatic nitrogens is 1. The Morgan fingerprint density at radius 3 is 2.39 bits per heavy atom. The van der Waals surface area contributed by atoms with Crippen LogP contribution in [-0.4, -0.2) is 31.1 Å². The summed E-state index contributed by atoms with van der Waals surface area (Å²) < 4.78 is 11.3. The summed E-state index contributed by atoms with van der Waals surface area (Å²) in [6.45, 7) is 0. The van der Waals surface area contributed by atoms with Gasteiger partial charge < -0.3 is 20.1 Å². The maximum atomic E-state index is 12.5. The van der Waals surface area contributed by atoms with Crippen LogP contribution < -0.4 is 25.4 Å². The molecule has 4 rings (SSSR count). The number of fused-ring (bicyclic) bond motifs is 1. The van der Waals surface area contributed by atoms with E-state index in [2.05, 4.69) is 20.9 Å². The summed E-state index contributed by atoms with van der Waals surface area (Å²) in [6.07, 6.45) is 0. The molecule has 0 atom stereocenters. The molecular weight excluding hydrogens is 464 g/mol. The smallest absolute Gasteiger partial charge is 0.323 e. The number of benzene rings is 3. The largest absolute Gasteiger partial charge is 0.495 e. The highest BCUT2D eigenvalue weighted by Gasteiger charge is 2.14. The summed E-state index contributed by atoms with van der Waals surface area (Å²) in [6, 6.07) is 16.8. The molecule has 33 heavy (non-hydrogen) atoms. The lowest BCUT2D eigenvalue weighted by molar-refractivity contribution is 0.102. The van der Waals surface area contributed by atoms with Crippen molar-refractivity contribution in [1.82, 2.24) is 4.98 Å². The Hall–Kier alpha value is -3.82. The van der Waals surface area contributed by atoms with E-state index in [1.807, 2.05) is 6.07 Å². The van der Waals surface area contributed by atoms with Gasteiger partial charge in [0.15, 0.2) is 5.13 Å². The molecule has 0 saturated carbocycles. The third-order valence-electron chi connectivity index (χ3n) is 4.62. The molecule has 0 bridgehead atoms. The second kappa shape index (κ2) is 9.76. The Balaban J connectivity index is 1.46. The van der Waals surface area contributed by atoms with E-state index >= 15 is 0 Å². The molecule has 3 amide bonds. The number of ether oxygens (including phenoxy) is 2. The second-order valence-corrected chi connectivity index (χ2v) is 8.23. The van der Waals surface area contributed by atoms with E-state index < -0.39 is 6.03 Å². The van der Waals surface area contributed by atoms with Crippen LogP contribution in [-0.2, 0) is 0 Å². The number of amides is 3. The molecule has 1 heterocycles. The van der Waals surface area contributed by atoms with Gasteiger partial charge in [-0.05, 0) is 36.4 Å². The van der Waals surface area contributed by atoms with Crippen molar-refractivity contribution in [3.63, 3.8) is 0 Å². The number of rotatable bonds is 6. The highest BCUT2D eigenvalue weighted by molar-refractivity contribution is 7.22. The minimum atomic E-state index is -0.476. The van der Waals surface area contributed by atoms with Crippen molar-refractivity contribution in [3.05, 3.63) is 71.2 Å². The normalized spacial score (nSPS) is 10.5. The average molecular weight is 483 g/mol. The third-order valence-corrected chi connectivity index (χ3v) is 5.85. The summed E-state index contributed by atoms with van der Waals surface area (Å²) in [4.78, 5) is 29.3. The summed E-state index contributed by atoms with van der Waals surface area (Å²) in [5.74, 6) is 0.605. The van der Waals surface area contributed by atoms with E-state index in [0.29, 0.717) is 44.1 Å². The third kappa shape index (κ3) is 5.16. The number of nitrogens with zero attached hydrogens (tertiary/aromatic N) is 1. The zero-order chi connectivity index (χ0) is 23.4. The number of thiazole rings is 1. The zero-order valence-corrected chi connectivity index (χ0v) is 19.2. The number of urea groups is 1. The van der Waals surface area contributed by atoms with E-state index in [-0.39, 0.29) is 5.91 Å². The van der Waals surface area contributed by atoms with Gasteiger partial charge in [0, 0.05) is 17.3 Å². The van der Waals surface area contributed by atoms with Crippen LogP contribution in [0.2, 0.25) is 5.02 Å². The monoisotopic (exact) mass is 482 g/mol. The van der Waals surface area contributed by atoms with Crippen molar-refractivity contribution in [1.29, 1.82) is 0 Å². The Labute approximate surface area is 198 Å². The maximum absolute atomic E-state index is 12.5. The summed E-state index contributed by atoms with van der Waals surface area (Å²) in [5.41, 5.74) is 2.21. The minimum absolute atomic E-state index is 0.237. The molecule has 3 N–H and O–H groups in total. The molecule has 8 nitrogen and oxygen atoms in total. The molecule has 0 aliphatic heterocycles. The van der Waals surface area contributed by atoms with Gasteiger partial charge in [-0.3, -0.25) is 10.1 Å². The number of nitrogens with one attached hydrogen (secondary N) is 3. The molecule has 0 unspecified atom stereocenters. The number of hydrogen-bond donors (Lipinski definition) is 3. The molecule has 0 aliphatic rings. The first-order chi connectivity index (χ1) is 16.0. The van der Waals surface area contributed by atoms with E-state index in [9.17, 15) is 9.59 Å². The van der Waals surface area contributed by atoms with Crippen LogP contribution in [0.5, 0.6) is 11.5 Å². The van der Waals surface area contributed by atoms with Crippen molar-refractivity contribution in [2.24, 2.45) is 0 Å². The van der Waals surface area contributed by atoms with Crippen LogP contribution in [0.15, 0.2) is 60.7 Å². The van der Waals surface area contributed by atoms with E-state index in [0.717, 1.165) is 4.70 Å². The molecule has 0 saturated heterocycles. The second-order valence-electron chi connectivity index (χ2n) is 6.79. The van der Waals surface area contributed by atoms with Gasteiger partial charge in [0.05, 0.1) is 35.1 Å². The van der Waals surface area contributed by atoms with Crippen LogP contribution in [0.4, 0.5) is 21.3 Å². The molecule has 0 spiro atoms. The van der Waals surface area contributed by atoms with Gasteiger partial charge >= 0.3 is 6.03 Å². The van der Waals surface area contributed by atoms with Crippen molar-refractivity contribution < 1.29 is 19.1 Å². The molecule has 168 valence electrons. The van der Waals surface area contributed by atoms with Crippen LogP contribution in [0.25, 0.3) is 10.2 Å². The van der Waals surface area contributed by atoms with Crippen LogP contribution in [0.1, 0.15) is 10.4 Å². The standard InChI is InChI=1S/C23H19ClN4O4S/c1-31-18-12-19(32-2)17(11-15(18)24)26-22(30)25-14-8-9-16-20(10-14)33-23(27-16)28-21(29)13-6-4-3-5-7-13/h3-12H,1-2H3,(H2,25,26,30)(H,27,28,29). The molecule has 4 aromatic rings. The molecule has 3 aromatic carbocycles. The fourth-order valence-electron chi connectivity index (χ4n) is 3.06. The number of carbonyl (C=O) groups excluding carboxylic acids is 2. The van der Waals surface area contributed by atoms with Crippen molar-refractivity contribution in [2.45, 2.75) is 0 Å². The SMILES string of the molecule is COc1cc(OC)c(NC(=O)Nc2ccc3nc(NC(=O)c4ccccc4)sc3c2)cc1Cl. The predicted molar refractivity (Wildman–Crippen MR) is 131 cm³/mol. The average Bonchev–Trinajstić information content (AvgIpc) is 3.21. The van der Waals surface area contributed by atoms with Gasteiger partial charge in [0.25, 0.3) is 5.91 Å². The van der Waals surface area contributed by atoms with E-state index in [1.54, 1.807) is 54.6 Å². The maximum Gasteiger partial charge on any atom is 0.323 e. The van der Waals surface area contributed by atoms with Crippen molar-refractivity contribution in [2.75, 3.05) is 30.2 Å². The lowest BCUT2D eigenvalue weighted by Crippen LogP contribution is -2.19. The fraction of sp³-hybridized carbons (Fsp3) is 0.0870. The number of hydrogen-bond acceptors (Lipinski definition) is 6. The predicted octanol–water partition coefficient (Wildman–Crippen LogP) is 5.86. The number of halogens is 1. The van der Waals surface area contributed by atoms with Gasteiger partial charge in [-0.1, -0.05) is 41.1 Å². The summed E-state index contributed by atoms with van der Waals surface area (Å²) in [7, 11) is 2.98. The van der Waals surface area contributed by atoms with Gasteiger partial charge in [0.2, 0.25) is 0 Å². The first kappa shape index (κ1) is 22.4. The highest BCUT2D eigenvalue weighted by Crippen LogP contribution is 2.36. The topological polar surface area (TPSA) is 102 Å². The van der Waals surface area contributed by atoms with Gasteiger partial charge in [0.1, 0.15) is 11.5 Å². The lowest BCUT2D eigenvalue weighted by atomic mass is 10.2. The Bertz CT molecular complexity index is 1330. The molecular formula is C23H19ClN4O4S. The molecule has 0 fully saturated rings. The fourth-order valence-corrected chi connectivity index (χ4v) is 4.20. The van der Waals surface area contributed by atoms with Gasteiger partial charge in [-0.2, -0.15) is 0 Å². The summed E-state index contributed by atoms with van der Waals surface area (Å²) in [5, 5.41) is 9.09. The summed E-state index contributed by atoms with van der Waals surface area (Å²) >= 11 is 7.47. The first-order valence-corrected chi connectivity index (χ1v) is 10.9. The molecule has 1 aromatic heterocycles. The first-order valence-electron chi connectivity index (χ1n) is 9.73. The Morgan fingerprint density at radius 2 is 1.67 bits per heavy atom. The number of anilines is 3. The Kier molecular flexibility index (Phi) is 6.62. The lowest BCUT2D eigenvalue weighted by Gasteiger charge is -2.13. The quantitative estimate of drug-likeness (QED) is 0.319. The Morgan fingerprint density at radius 1 is 0.909 bits per heavy atom. The minimum Gasteiger partial charge on any atom is -0.495 e. The molecule has 10 heteroatoms. The van der Waals surface area contributed by atoms with Gasteiger partial charge in [-0.15, -0.1) is 0 Å². The van der Waals surface area contributed by atoms with E-state index in [1.165, 1.54) is 25.6 Å². The van der Waals surface area contributed by atoms with Crippen LogP contribution in [0, 0.1) is 0 Å². The number of methoxy groups -OCH3 is 2. The van der Waals surface area contributed by atoms with Gasteiger partial charge in [-0.25, -0.2) is 9.78 Å². The van der Waals surface area contributed by atoms with Crippen molar-refractivity contribution in [3.8, 4) is 11.5 Å². The molecule has 0 radical (unpaired) electrons. The van der Waals surface area contributed by atoms with Crippen molar-refractivity contribution >= 4 is 61.6 Å². The van der Waals surface area contributed by atoms with Crippen LogP contribution in [0.3, 0.4) is 0 Å². The molecule has 0 aliphatic carbocycles.